The van der Waals surface area contributed by atoms with Crippen molar-refractivity contribution in [2.45, 2.75) is 45.1 Å². The molecule has 0 aromatic carbocycles. The molecule has 2 fully saturated rings. The maximum Gasteiger partial charge on any atom is 0.251 e. The van der Waals surface area contributed by atoms with Gasteiger partial charge in [0.15, 0.2) is 23.6 Å². The summed E-state index contributed by atoms with van der Waals surface area (Å²) in [5.41, 5.74) is 7.90. The minimum absolute atomic E-state index is 0.0800. The Hall–Kier alpha value is -2.81. The lowest BCUT2D eigenvalue weighted by Crippen LogP contribution is -2.45. The van der Waals surface area contributed by atoms with Crippen molar-refractivity contribution in [3.05, 3.63) is 23.3 Å². The highest BCUT2D eigenvalue weighted by Crippen LogP contribution is 2.35. The summed E-state index contributed by atoms with van der Waals surface area (Å²) < 4.78 is 3.44. The Kier molecular flexibility index (Phi) is 5.34. The van der Waals surface area contributed by atoms with Gasteiger partial charge in [0.05, 0.1) is 18.5 Å². The van der Waals surface area contributed by atoms with Crippen LogP contribution in [-0.2, 0) is 0 Å². The van der Waals surface area contributed by atoms with E-state index in [-0.39, 0.29) is 12.5 Å². The highest BCUT2D eigenvalue weighted by molar-refractivity contribution is 5.64. The predicted octanol–water partition coefficient (Wildman–Crippen LogP) is 2.25. The summed E-state index contributed by atoms with van der Waals surface area (Å²) in [7, 11) is 0. The van der Waals surface area contributed by atoms with E-state index < -0.39 is 0 Å². The van der Waals surface area contributed by atoms with Crippen LogP contribution in [0.1, 0.15) is 43.8 Å². The van der Waals surface area contributed by atoms with Gasteiger partial charge in [-0.05, 0) is 52.2 Å². The Morgan fingerprint density at radius 1 is 1.14 bits per heavy atom. The average Bonchev–Trinajstić information content (AvgIpc) is 3.28. The molecule has 2 saturated heterocycles. The molecule has 0 amide bonds. The van der Waals surface area contributed by atoms with Gasteiger partial charge in [-0.1, -0.05) is 0 Å². The third-order valence-electron chi connectivity index (χ3n) is 5.06. The molecule has 0 bridgehead atoms. The second kappa shape index (κ2) is 8.05. The summed E-state index contributed by atoms with van der Waals surface area (Å²) in [6.07, 6.45) is 5.69. The van der Waals surface area contributed by atoms with Crippen LogP contribution in [0.15, 0.2) is 16.4 Å². The van der Waals surface area contributed by atoms with Crippen molar-refractivity contribution in [3.8, 4) is 0 Å². The van der Waals surface area contributed by atoms with E-state index >= 15 is 0 Å². The number of aryl methyl sites for hydroxylation is 1. The van der Waals surface area contributed by atoms with Crippen molar-refractivity contribution in [3.63, 3.8) is 0 Å². The van der Waals surface area contributed by atoms with Gasteiger partial charge < -0.3 is 5.73 Å². The first-order valence-electron chi connectivity index (χ1n) is 9.60. The van der Waals surface area contributed by atoms with E-state index in [1.165, 1.54) is 6.20 Å². The number of rotatable bonds is 4. The molecule has 4 heterocycles. The molecule has 11 heteroatoms. The molecule has 2 aromatic heterocycles. The Balaban J connectivity index is 1.63. The molecular weight excluding hydrogens is 358 g/mol. The maximum absolute atomic E-state index is 7.40. The number of azo groups is 1. The van der Waals surface area contributed by atoms with Crippen LogP contribution in [0, 0.1) is 13.5 Å². The van der Waals surface area contributed by atoms with Crippen molar-refractivity contribution in [1.29, 1.82) is 0 Å². The first-order chi connectivity index (χ1) is 13.7. The molecule has 2 aliphatic rings. The van der Waals surface area contributed by atoms with Gasteiger partial charge in [-0.3, -0.25) is 16.0 Å². The van der Waals surface area contributed by atoms with Crippen molar-refractivity contribution in [2.24, 2.45) is 10.2 Å². The molecule has 11 nitrogen and oxygen atoms in total. The number of nitrogens with two attached hydrogens (primary N) is 1. The van der Waals surface area contributed by atoms with Crippen LogP contribution < -0.4 is 21.7 Å². The van der Waals surface area contributed by atoms with Crippen LogP contribution in [0.25, 0.3) is 4.85 Å². The lowest BCUT2D eigenvalue weighted by Gasteiger charge is -2.25. The van der Waals surface area contributed by atoms with Crippen LogP contribution in [0.2, 0.25) is 0 Å². The molecule has 0 spiro atoms. The second-order valence-electron chi connectivity index (χ2n) is 7.00. The fourth-order valence-corrected chi connectivity index (χ4v) is 3.58. The van der Waals surface area contributed by atoms with Gasteiger partial charge in [0.1, 0.15) is 6.17 Å². The summed E-state index contributed by atoms with van der Waals surface area (Å²) in [4.78, 5) is 3.52. The minimum Gasteiger partial charge on any atom is -0.382 e. The Bertz CT molecular complexity index is 891. The molecule has 148 valence electrons. The van der Waals surface area contributed by atoms with E-state index in [4.69, 9.17) is 12.3 Å². The van der Waals surface area contributed by atoms with Crippen molar-refractivity contribution >= 4 is 23.0 Å². The van der Waals surface area contributed by atoms with E-state index in [0.29, 0.717) is 28.7 Å². The lowest BCUT2D eigenvalue weighted by atomic mass is 10.1. The first kappa shape index (κ1) is 18.5. The SMILES string of the molecule is [C-]#[N+]c1cnn(C2NCCCN2)c1N=Nc1c(C)nn(C2CCCCN2)c1N. The molecular formula is C17H25N11. The van der Waals surface area contributed by atoms with Crippen molar-refractivity contribution in [1.82, 2.24) is 35.5 Å². The van der Waals surface area contributed by atoms with Gasteiger partial charge in [-0.25, -0.2) is 14.2 Å². The van der Waals surface area contributed by atoms with Gasteiger partial charge in [0.25, 0.3) is 5.69 Å². The number of hydrogen-bond donors (Lipinski definition) is 4. The summed E-state index contributed by atoms with van der Waals surface area (Å²) in [6, 6.07) is 0. The Morgan fingerprint density at radius 3 is 2.64 bits per heavy atom. The summed E-state index contributed by atoms with van der Waals surface area (Å²) in [5, 5.41) is 27.6. The zero-order valence-electron chi connectivity index (χ0n) is 15.9. The molecule has 5 N–H and O–H groups in total. The van der Waals surface area contributed by atoms with E-state index in [1.54, 1.807) is 9.36 Å². The standard InChI is InChI=1S/C17H25N11/c1-11-14(15(18)27(26-11)13-6-3-4-7-20-13)24-25-16-12(19-2)10-23-28(16)17-21-8-5-9-22-17/h10,13,17,20-22H,3-9,18H2,1H3. The molecule has 1 unspecified atom stereocenters. The lowest BCUT2D eigenvalue weighted by molar-refractivity contribution is 0.269. The topological polar surface area (TPSA) is 127 Å². The van der Waals surface area contributed by atoms with Gasteiger partial charge in [-0.2, -0.15) is 10.2 Å². The fourth-order valence-electron chi connectivity index (χ4n) is 3.58. The maximum atomic E-state index is 7.40. The Labute approximate surface area is 163 Å². The number of anilines is 1. The highest BCUT2D eigenvalue weighted by atomic mass is 15.5. The minimum atomic E-state index is -0.217. The summed E-state index contributed by atoms with van der Waals surface area (Å²) >= 11 is 0. The second-order valence-corrected chi connectivity index (χ2v) is 7.00. The van der Waals surface area contributed by atoms with Gasteiger partial charge in [-0.15, -0.1) is 10.2 Å². The molecule has 4 rings (SSSR count). The van der Waals surface area contributed by atoms with Crippen molar-refractivity contribution < 1.29 is 0 Å². The summed E-state index contributed by atoms with van der Waals surface area (Å²) in [5.74, 6) is 0.870. The molecule has 0 aliphatic carbocycles. The van der Waals surface area contributed by atoms with E-state index in [1.807, 2.05) is 6.92 Å². The monoisotopic (exact) mass is 383 g/mol. The number of nitrogens with one attached hydrogen (secondary N) is 3. The highest BCUT2D eigenvalue weighted by Gasteiger charge is 2.23. The van der Waals surface area contributed by atoms with Gasteiger partial charge in [0, 0.05) is 0 Å². The van der Waals surface area contributed by atoms with Crippen LogP contribution >= 0.6 is 0 Å². The quantitative estimate of drug-likeness (QED) is 0.474. The van der Waals surface area contributed by atoms with Crippen LogP contribution in [0.4, 0.5) is 23.0 Å². The molecule has 2 aliphatic heterocycles. The van der Waals surface area contributed by atoms with E-state index in [0.717, 1.165) is 45.3 Å². The number of piperidine rings is 1. The zero-order valence-corrected chi connectivity index (χ0v) is 15.9. The fraction of sp³-hybridized carbons (Fsp3) is 0.588. The predicted molar refractivity (Wildman–Crippen MR) is 105 cm³/mol. The van der Waals surface area contributed by atoms with E-state index in [9.17, 15) is 0 Å². The van der Waals surface area contributed by atoms with E-state index in [2.05, 4.69) is 41.2 Å². The molecule has 0 radical (unpaired) electrons. The third kappa shape index (κ3) is 3.49. The molecule has 0 saturated carbocycles. The van der Waals surface area contributed by atoms with Gasteiger partial charge >= 0.3 is 0 Å². The van der Waals surface area contributed by atoms with Crippen LogP contribution in [0.3, 0.4) is 0 Å². The number of nitrogen functional groups attached to an aromatic ring is 1. The van der Waals surface area contributed by atoms with Crippen molar-refractivity contribution in [2.75, 3.05) is 25.4 Å². The number of hydrogen-bond acceptors (Lipinski definition) is 8. The van der Waals surface area contributed by atoms with Crippen LogP contribution in [0.5, 0.6) is 0 Å². The molecule has 2 aromatic rings. The van der Waals surface area contributed by atoms with Crippen LogP contribution in [-0.4, -0.2) is 39.2 Å². The summed E-state index contributed by atoms with van der Waals surface area (Å²) in [6.45, 7) is 12.0. The first-order valence-corrected chi connectivity index (χ1v) is 9.60. The zero-order chi connectivity index (χ0) is 19.5. The number of aromatic nitrogens is 4. The third-order valence-corrected chi connectivity index (χ3v) is 5.06. The molecule has 1 atom stereocenters. The Morgan fingerprint density at radius 2 is 1.93 bits per heavy atom. The normalized spacial score (nSPS) is 21.2. The smallest absolute Gasteiger partial charge is 0.251 e. The van der Waals surface area contributed by atoms with Gasteiger partial charge in [0.2, 0.25) is 0 Å². The average molecular weight is 383 g/mol. The molecule has 28 heavy (non-hydrogen) atoms. The number of nitrogens with zero attached hydrogens (tertiary/aromatic N) is 7. The largest absolute Gasteiger partial charge is 0.382 e.